The average molecular weight is 243 g/mol. The van der Waals surface area contributed by atoms with E-state index in [1.165, 1.54) is 13.8 Å². The SMILES string of the molecule is CC(C)(CCC(O)=C1NC(=O)NC1=O)[N+](=O)[O-]. The molecule has 0 spiro atoms. The van der Waals surface area contributed by atoms with Gasteiger partial charge in [-0.1, -0.05) is 0 Å². The fourth-order valence-electron chi connectivity index (χ4n) is 1.21. The summed E-state index contributed by atoms with van der Waals surface area (Å²) < 4.78 is 0. The van der Waals surface area contributed by atoms with Crippen LogP contribution in [-0.2, 0) is 4.79 Å². The van der Waals surface area contributed by atoms with Crippen LogP contribution < -0.4 is 10.6 Å². The van der Waals surface area contributed by atoms with Crippen LogP contribution in [0.25, 0.3) is 0 Å². The predicted molar refractivity (Wildman–Crippen MR) is 56.6 cm³/mol. The molecule has 0 unspecified atom stereocenters. The van der Waals surface area contributed by atoms with Crippen LogP contribution in [0.4, 0.5) is 4.79 Å². The molecule has 8 nitrogen and oxygen atoms in total. The van der Waals surface area contributed by atoms with Crippen molar-refractivity contribution in [1.82, 2.24) is 10.6 Å². The zero-order valence-electron chi connectivity index (χ0n) is 9.44. The van der Waals surface area contributed by atoms with Crippen molar-refractivity contribution >= 4 is 11.9 Å². The van der Waals surface area contributed by atoms with Gasteiger partial charge >= 0.3 is 6.03 Å². The van der Waals surface area contributed by atoms with E-state index in [4.69, 9.17) is 0 Å². The van der Waals surface area contributed by atoms with Crippen LogP contribution in [0.3, 0.4) is 0 Å². The van der Waals surface area contributed by atoms with Gasteiger partial charge in [-0.2, -0.15) is 0 Å². The van der Waals surface area contributed by atoms with Gasteiger partial charge in [0.2, 0.25) is 5.54 Å². The maximum atomic E-state index is 11.1. The van der Waals surface area contributed by atoms with Crippen LogP contribution in [-0.4, -0.2) is 27.5 Å². The minimum absolute atomic E-state index is 0.0541. The van der Waals surface area contributed by atoms with Crippen molar-refractivity contribution in [3.8, 4) is 0 Å². The summed E-state index contributed by atoms with van der Waals surface area (Å²) in [6, 6.07) is -0.718. The Labute approximate surface area is 96.8 Å². The third-order valence-electron chi connectivity index (χ3n) is 2.45. The summed E-state index contributed by atoms with van der Waals surface area (Å²) in [7, 11) is 0. The Balaban J connectivity index is 2.70. The van der Waals surface area contributed by atoms with Crippen LogP contribution in [0.1, 0.15) is 26.7 Å². The van der Waals surface area contributed by atoms with Gasteiger partial charge in [0.1, 0.15) is 11.5 Å². The van der Waals surface area contributed by atoms with Gasteiger partial charge in [-0.3, -0.25) is 25.5 Å². The molecule has 3 amide bonds. The smallest absolute Gasteiger partial charge is 0.326 e. The molecule has 0 atom stereocenters. The van der Waals surface area contributed by atoms with Crippen molar-refractivity contribution in [1.29, 1.82) is 0 Å². The third kappa shape index (κ3) is 2.92. The van der Waals surface area contributed by atoms with Crippen LogP contribution in [0, 0.1) is 10.1 Å². The van der Waals surface area contributed by atoms with E-state index in [1.807, 2.05) is 5.32 Å². The first kappa shape index (κ1) is 12.9. The molecule has 0 aromatic carbocycles. The topological polar surface area (TPSA) is 122 Å². The number of allylic oxidation sites excluding steroid dienone is 1. The zero-order chi connectivity index (χ0) is 13.2. The molecule has 0 aromatic rings. The number of aliphatic hydroxyl groups excluding tert-OH is 1. The summed E-state index contributed by atoms with van der Waals surface area (Å²) in [6.07, 6.45) is -0.00447. The maximum absolute atomic E-state index is 11.1. The molecule has 1 aliphatic heterocycles. The highest BCUT2D eigenvalue weighted by Crippen LogP contribution is 2.19. The number of hydrogen-bond acceptors (Lipinski definition) is 5. The highest BCUT2D eigenvalue weighted by atomic mass is 16.6. The lowest BCUT2D eigenvalue weighted by atomic mass is 9.98. The first-order chi connectivity index (χ1) is 7.74. The van der Waals surface area contributed by atoms with Gasteiger partial charge in [0.15, 0.2) is 0 Å². The quantitative estimate of drug-likeness (QED) is 0.217. The molecule has 8 heteroatoms. The van der Waals surface area contributed by atoms with Crippen molar-refractivity contribution in [3.05, 3.63) is 21.6 Å². The standard InChI is InChI=1S/C9H13N3O5/c1-9(2,12(16)17)4-3-5(13)6-7(14)11-8(15)10-6/h13H,3-4H2,1-2H3,(H2,10,11,14,15). The molecule has 0 radical (unpaired) electrons. The number of aliphatic hydroxyl groups is 1. The van der Waals surface area contributed by atoms with Gasteiger partial charge in [-0.25, -0.2) is 4.79 Å². The number of imide groups is 1. The van der Waals surface area contributed by atoms with Gasteiger partial charge in [-0.15, -0.1) is 0 Å². The second kappa shape index (κ2) is 4.40. The van der Waals surface area contributed by atoms with E-state index in [-0.39, 0.29) is 24.3 Å². The van der Waals surface area contributed by atoms with Crippen LogP contribution >= 0.6 is 0 Å². The highest BCUT2D eigenvalue weighted by molar-refractivity contribution is 6.11. The first-order valence-corrected chi connectivity index (χ1v) is 4.93. The normalized spacial score (nSPS) is 18.7. The van der Waals surface area contributed by atoms with Crippen molar-refractivity contribution in [2.24, 2.45) is 0 Å². The van der Waals surface area contributed by atoms with E-state index in [0.29, 0.717) is 0 Å². The largest absolute Gasteiger partial charge is 0.510 e. The summed E-state index contributed by atoms with van der Waals surface area (Å²) in [5.41, 5.74) is -1.44. The summed E-state index contributed by atoms with van der Waals surface area (Å²) in [5.74, 6) is -1.09. The molecule has 3 N–H and O–H groups in total. The molecule has 1 fully saturated rings. The molecule has 0 bridgehead atoms. The average Bonchev–Trinajstić information content (AvgIpc) is 2.54. The van der Waals surface area contributed by atoms with E-state index in [0.717, 1.165) is 0 Å². The van der Waals surface area contributed by atoms with E-state index in [2.05, 4.69) is 5.32 Å². The minimum atomic E-state index is -1.20. The molecule has 1 aliphatic rings. The molecule has 17 heavy (non-hydrogen) atoms. The zero-order valence-corrected chi connectivity index (χ0v) is 9.44. The summed E-state index contributed by atoms with van der Waals surface area (Å²) >= 11 is 0. The molecule has 0 saturated carbocycles. The number of carbonyl (C=O) groups excluding carboxylic acids is 2. The summed E-state index contributed by atoms with van der Waals surface area (Å²) in [4.78, 5) is 32.1. The van der Waals surface area contributed by atoms with E-state index in [1.54, 1.807) is 0 Å². The fourth-order valence-corrected chi connectivity index (χ4v) is 1.21. The Morgan fingerprint density at radius 2 is 2.00 bits per heavy atom. The number of nitrogens with one attached hydrogen (secondary N) is 2. The van der Waals surface area contributed by atoms with Gasteiger partial charge < -0.3 is 5.11 Å². The lowest BCUT2D eigenvalue weighted by Gasteiger charge is -2.15. The number of hydrogen-bond donors (Lipinski definition) is 3. The number of nitro groups is 1. The Hall–Kier alpha value is -2.12. The number of urea groups is 1. The van der Waals surface area contributed by atoms with Gasteiger partial charge in [0, 0.05) is 31.6 Å². The third-order valence-corrected chi connectivity index (χ3v) is 2.45. The Morgan fingerprint density at radius 3 is 2.41 bits per heavy atom. The predicted octanol–water partition coefficient (Wildman–Crippen LogP) is 0.431. The summed E-state index contributed by atoms with van der Waals surface area (Å²) in [6.45, 7) is 2.83. The molecule has 0 aliphatic carbocycles. The number of carbonyl (C=O) groups is 2. The molecular formula is C9H13N3O5. The lowest BCUT2D eigenvalue weighted by Crippen LogP contribution is -2.31. The minimum Gasteiger partial charge on any atom is -0.510 e. The van der Waals surface area contributed by atoms with Crippen LogP contribution in [0.2, 0.25) is 0 Å². The van der Waals surface area contributed by atoms with Crippen molar-refractivity contribution in [2.45, 2.75) is 32.2 Å². The molecule has 0 aromatic heterocycles. The Kier molecular flexibility index (Phi) is 3.35. The van der Waals surface area contributed by atoms with E-state index in [9.17, 15) is 24.8 Å². The maximum Gasteiger partial charge on any atom is 0.326 e. The van der Waals surface area contributed by atoms with Crippen molar-refractivity contribution in [2.75, 3.05) is 0 Å². The number of nitrogens with zero attached hydrogens (tertiary/aromatic N) is 1. The second-order valence-corrected chi connectivity index (χ2v) is 4.30. The highest BCUT2D eigenvalue weighted by Gasteiger charge is 2.32. The first-order valence-electron chi connectivity index (χ1n) is 4.93. The monoisotopic (exact) mass is 243 g/mol. The molecule has 1 heterocycles. The van der Waals surface area contributed by atoms with Gasteiger partial charge in [-0.05, 0) is 0 Å². The summed E-state index contributed by atoms with van der Waals surface area (Å²) in [5, 5.41) is 24.2. The number of amides is 3. The molecule has 94 valence electrons. The molecule has 1 saturated heterocycles. The fraction of sp³-hybridized carbons (Fsp3) is 0.556. The molecule has 1 rings (SSSR count). The van der Waals surface area contributed by atoms with Crippen LogP contribution in [0.15, 0.2) is 11.5 Å². The van der Waals surface area contributed by atoms with Crippen LogP contribution in [0.5, 0.6) is 0 Å². The van der Waals surface area contributed by atoms with Crippen molar-refractivity contribution < 1.29 is 19.6 Å². The van der Waals surface area contributed by atoms with Crippen molar-refractivity contribution in [3.63, 3.8) is 0 Å². The Bertz CT molecular complexity index is 413. The number of rotatable bonds is 4. The van der Waals surface area contributed by atoms with E-state index < -0.39 is 22.4 Å². The lowest BCUT2D eigenvalue weighted by molar-refractivity contribution is -0.561. The van der Waals surface area contributed by atoms with Gasteiger partial charge in [0.25, 0.3) is 5.91 Å². The molecular weight excluding hydrogens is 230 g/mol. The second-order valence-electron chi connectivity index (χ2n) is 4.30. The Morgan fingerprint density at radius 1 is 1.41 bits per heavy atom. The van der Waals surface area contributed by atoms with E-state index >= 15 is 0 Å². The van der Waals surface area contributed by atoms with Gasteiger partial charge in [0.05, 0.1) is 0 Å².